The fraction of sp³-hybridized carbons (Fsp3) is 0.636. The molecule has 1 aromatic carbocycles. The molecule has 0 atom stereocenters. The second-order valence-electron chi connectivity index (χ2n) is 7.61. The Labute approximate surface area is 147 Å². The first-order chi connectivity index (χ1) is 11.3. The number of rotatable bonds is 4. The van der Waals surface area contributed by atoms with Crippen molar-refractivity contribution >= 4 is 17.7 Å². The molecule has 0 radical (unpaired) electrons. The smallest absolute Gasteiger partial charge is 0.0446 e. The lowest BCUT2D eigenvalue weighted by atomic mass is 9.84. The lowest BCUT2D eigenvalue weighted by molar-refractivity contribution is 0.444. The van der Waals surface area contributed by atoms with Crippen molar-refractivity contribution in [3.63, 3.8) is 0 Å². The Morgan fingerprint density at radius 3 is 2.22 bits per heavy atom. The van der Waals surface area contributed by atoms with E-state index in [9.17, 15) is 0 Å². The van der Waals surface area contributed by atoms with Gasteiger partial charge in [-0.2, -0.15) is 0 Å². The first kappa shape index (κ1) is 17.1. The van der Waals surface area contributed by atoms with Crippen molar-refractivity contribution in [1.29, 1.82) is 0 Å². The van der Waals surface area contributed by atoms with Crippen LogP contribution in [0, 0.1) is 5.92 Å². The first-order valence-corrected chi connectivity index (χ1v) is 10.2. The van der Waals surface area contributed by atoms with E-state index in [1.165, 1.54) is 88.2 Å². The summed E-state index contributed by atoms with van der Waals surface area (Å²) in [5.74, 6) is 1.60. The standard InChI is InChI=1S/C22H31Cl/c23-22-17-19(12-8-11-18-9-4-1-2-5-10-18)15-16-21(22)20-13-6-3-7-14-20/h8,12,15-18,20H,1-7,9-11,13-14H2/b12-8-. The van der Waals surface area contributed by atoms with Crippen LogP contribution in [0.15, 0.2) is 24.3 Å². The number of hydrogen-bond donors (Lipinski definition) is 0. The molecule has 0 heterocycles. The van der Waals surface area contributed by atoms with E-state index in [2.05, 4.69) is 30.4 Å². The van der Waals surface area contributed by atoms with Crippen molar-refractivity contribution in [3.05, 3.63) is 40.4 Å². The van der Waals surface area contributed by atoms with E-state index in [0.29, 0.717) is 5.92 Å². The Hall–Kier alpha value is -0.750. The molecule has 0 amide bonds. The number of allylic oxidation sites excluding steroid dienone is 1. The normalized spacial score (nSPS) is 21.6. The predicted octanol–water partition coefficient (Wildman–Crippen LogP) is 7.76. The summed E-state index contributed by atoms with van der Waals surface area (Å²) < 4.78 is 0. The Bertz CT molecular complexity index is 503. The first-order valence-electron chi connectivity index (χ1n) is 9.79. The zero-order valence-electron chi connectivity index (χ0n) is 14.4. The molecule has 0 N–H and O–H groups in total. The largest absolute Gasteiger partial charge is 0.0840 e. The minimum Gasteiger partial charge on any atom is -0.0840 e. The molecule has 2 fully saturated rings. The van der Waals surface area contributed by atoms with Gasteiger partial charge in [0.25, 0.3) is 0 Å². The van der Waals surface area contributed by atoms with Crippen LogP contribution in [-0.2, 0) is 0 Å². The topological polar surface area (TPSA) is 0 Å². The van der Waals surface area contributed by atoms with Crippen molar-refractivity contribution in [1.82, 2.24) is 0 Å². The van der Waals surface area contributed by atoms with Gasteiger partial charge in [-0.05, 0) is 48.3 Å². The third-order valence-corrected chi connectivity index (χ3v) is 6.15. The zero-order chi connectivity index (χ0) is 15.9. The fourth-order valence-electron chi connectivity index (χ4n) is 4.39. The highest BCUT2D eigenvalue weighted by molar-refractivity contribution is 6.31. The van der Waals surface area contributed by atoms with Crippen molar-refractivity contribution in [2.75, 3.05) is 0 Å². The van der Waals surface area contributed by atoms with Crippen molar-refractivity contribution in [2.45, 2.75) is 83.0 Å². The molecular weight excluding hydrogens is 300 g/mol. The van der Waals surface area contributed by atoms with E-state index in [-0.39, 0.29) is 0 Å². The highest BCUT2D eigenvalue weighted by Gasteiger charge is 2.17. The highest BCUT2D eigenvalue weighted by Crippen LogP contribution is 2.36. The molecule has 0 nitrogen and oxygen atoms in total. The van der Waals surface area contributed by atoms with E-state index >= 15 is 0 Å². The third kappa shape index (κ3) is 5.11. The highest BCUT2D eigenvalue weighted by atomic mass is 35.5. The van der Waals surface area contributed by atoms with Gasteiger partial charge in [-0.15, -0.1) is 0 Å². The number of benzene rings is 1. The zero-order valence-corrected chi connectivity index (χ0v) is 15.2. The van der Waals surface area contributed by atoms with Crippen LogP contribution >= 0.6 is 11.6 Å². The van der Waals surface area contributed by atoms with E-state index in [1.54, 1.807) is 0 Å². The van der Waals surface area contributed by atoms with Crippen LogP contribution in [0.4, 0.5) is 0 Å². The van der Waals surface area contributed by atoms with Crippen LogP contribution in [0.5, 0.6) is 0 Å². The molecule has 0 aromatic heterocycles. The lowest BCUT2D eigenvalue weighted by Gasteiger charge is -2.23. The van der Waals surface area contributed by atoms with Crippen LogP contribution in [-0.4, -0.2) is 0 Å². The van der Waals surface area contributed by atoms with E-state index in [0.717, 1.165) is 10.9 Å². The van der Waals surface area contributed by atoms with Gasteiger partial charge in [0.1, 0.15) is 0 Å². The Balaban J connectivity index is 1.57. The van der Waals surface area contributed by atoms with Gasteiger partial charge >= 0.3 is 0 Å². The molecular formula is C22H31Cl. The van der Waals surface area contributed by atoms with Crippen LogP contribution < -0.4 is 0 Å². The number of halogens is 1. The molecule has 0 bridgehead atoms. The van der Waals surface area contributed by atoms with E-state index in [4.69, 9.17) is 11.6 Å². The summed E-state index contributed by atoms with van der Waals surface area (Å²) in [6, 6.07) is 6.72. The molecule has 0 saturated heterocycles. The van der Waals surface area contributed by atoms with Gasteiger partial charge in [-0.3, -0.25) is 0 Å². The minimum absolute atomic E-state index is 0.695. The Morgan fingerprint density at radius 2 is 1.52 bits per heavy atom. The summed E-state index contributed by atoms with van der Waals surface area (Å²) in [6.07, 6.45) is 21.2. The molecule has 2 saturated carbocycles. The predicted molar refractivity (Wildman–Crippen MR) is 102 cm³/mol. The molecule has 23 heavy (non-hydrogen) atoms. The van der Waals surface area contributed by atoms with Crippen LogP contribution in [0.2, 0.25) is 5.02 Å². The Kier molecular flexibility index (Phi) is 6.63. The van der Waals surface area contributed by atoms with Gasteiger partial charge in [-0.1, -0.05) is 93.7 Å². The average molecular weight is 331 g/mol. The molecule has 126 valence electrons. The minimum atomic E-state index is 0.695. The van der Waals surface area contributed by atoms with Gasteiger partial charge < -0.3 is 0 Å². The van der Waals surface area contributed by atoms with Crippen LogP contribution in [0.1, 0.15) is 94.1 Å². The van der Waals surface area contributed by atoms with Gasteiger partial charge in [0.2, 0.25) is 0 Å². The molecule has 0 spiro atoms. The summed E-state index contributed by atoms with van der Waals surface area (Å²) >= 11 is 6.58. The summed E-state index contributed by atoms with van der Waals surface area (Å²) in [6.45, 7) is 0. The van der Waals surface area contributed by atoms with E-state index < -0.39 is 0 Å². The molecule has 0 unspecified atom stereocenters. The quantitative estimate of drug-likeness (QED) is 0.495. The van der Waals surface area contributed by atoms with Crippen LogP contribution in [0.25, 0.3) is 6.08 Å². The van der Waals surface area contributed by atoms with Crippen molar-refractivity contribution < 1.29 is 0 Å². The maximum absolute atomic E-state index is 6.58. The van der Waals surface area contributed by atoms with Crippen molar-refractivity contribution in [2.24, 2.45) is 5.92 Å². The molecule has 2 aliphatic rings. The maximum Gasteiger partial charge on any atom is 0.0446 e. The third-order valence-electron chi connectivity index (χ3n) is 5.82. The molecule has 3 rings (SSSR count). The molecule has 2 aliphatic carbocycles. The summed E-state index contributed by atoms with van der Waals surface area (Å²) in [4.78, 5) is 0. The Morgan fingerprint density at radius 1 is 0.870 bits per heavy atom. The summed E-state index contributed by atoms with van der Waals surface area (Å²) in [5.41, 5.74) is 2.65. The average Bonchev–Trinajstić information content (AvgIpc) is 2.85. The van der Waals surface area contributed by atoms with Gasteiger partial charge in [0.05, 0.1) is 0 Å². The monoisotopic (exact) mass is 330 g/mol. The molecule has 1 heteroatoms. The second-order valence-corrected chi connectivity index (χ2v) is 8.02. The maximum atomic E-state index is 6.58. The number of hydrogen-bond acceptors (Lipinski definition) is 0. The van der Waals surface area contributed by atoms with Gasteiger partial charge in [0.15, 0.2) is 0 Å². The van der Waals surface area contributed by atoms with E-state index in [1.807, 2.05) is 0 Å². The summed E-state index contributed by atoms with van der Waals surface area (Å²) in [7, 11) is 0. The van der Waals surface area contributed by atoms with Gasteiger partial charge in [-0.25, -0.2) is 0 Å². The summed E-state index contributed by atoms with van der Waals surface area (Å²) in [5, 5.41) is 0.980. The fourth-order valence-corrected chi connectivity index (χ4v) is 4.73. The van der Waals surface area contributed by atoms with Gasteiger partial charge in [0, 0.05) is 5.02 Å². The molecule has 1 aromatic rings. The molecule has 0 aliphatic heterocycles. The van der Waals surface area contributed by atoms with Crippen LogP contribution in [0.3, 0.4) is 0 Å². The van der Waals surface area contributed by atoms with Crippen molar-refractivity contribution in [3.8, 4) is 0 Å². The lowest BCUT2D eigenvalue weighted by Crippen LogP contribution is -2.05. The second kappa shape index (κ2) is 8.92. The SMILES string of the molecule is Clc1cc(/C=C\CC2CCCCCC2)ccc1C1CCCCC1.